The van der Waals surface area contributed by atoms with E-state index in [-0.39, 0.29) is 0 Å². The number of hydrogen-bond acceptors (Lipinski definition) is 2. The van der Waals surface area contributed by atoms with Crippen LogP contribution in [0.4, 0.5) is 0 Å². The summed E-state index contributed by atoms with van der Waals surface area (Å²) in [5.74, 6) is 1.44. The molecule has 0 radical (unpaired) electrons. The molecule has 0 unspecified atom stereocenters. The van der Waals surface area contributed by atoms with Crippen molar-refractivity contribution in [3.8, 4) is 0 Å². The molecule has 1 fully saturated rings. The number of rotatable bonds is 1. The maximum atomic E-state index is 2.53. The largest absolute Gasteiger partial charge is 0.361 e. The Labute approximate surface area is 88.6 Å². The Bertz CT molecular complexity index is 214. The highest BCUT2D eigenvalue weighted by atomic mass is 15.3. The van der Waals surface area contributed by atoms with Gasteiger partial charge >= 0.3 is 0 Å². The normalized spacial score (nSPS) is 18.9. The summed E-state index contributed by atoms with van der Waals surface area (Å²) in [6.45, 7) is 11.4. The molecular formula is C12H24N2. The summed E-state index contributed by atoms with van der Waals surface area (Å²) in [6.07, 6.45) is 2.63. The smallest absolute Gasteiger partial charge is 0.102 e. The van der Waals surface area contributed by atoms with E-state index in [1.165, 1.54) is 37.3 Å². The maximum absolute atomic E-state index is 2.53. The van der Waals surface area contributed by atoms with Crippen LogP contribution in [0.1, 0.15) is 40.5 Å². The van der Waals surface area contributed by atoms with Crippen LogP contribution in [0.2, 0.25) is 0 Å². The summed E-state index contributed by atoms with van der Waals surface area (Å²) in [5.41, 5.74) is 1.43. The van der Waals surface area contributed by atoms with Crippen LogP contribution >= 0.6 is 0 Å². The molecule has 0 saturated carbocycles. The zero-order valence-electron chi connectivity index (χ0n) is 10.3. The summed E-state index contributed by atoms with van der Waals surface area (Å²) in [7, 11) is 2.21. The van der Waals surface area contributed by atoms with Crippen LogP contribution in [-0.4, -0.2) is 36.0 Å². The molecule has 82 valence electrons. The highest BCUT2D eigenvalue weighted by Gasteiger charge is 2.20. The van der Waals surface area contributed by atoms with Crippen molar-refractivity contribution in [2.45, 2.75) is 46.6 Å². The Kier molecular flexibility index (Phi) is 3.85. The molecule has 1 aliphatic heterocycles. The molecule has 0 aliphatic carbocycles. The first kappa shape index (κ1) is 11.4. The van der Waals surface area contributed by atoms with Crippen LogP contribution in [0.15, 0.2) is 11.4 Å². The van der Waals surface area contributed by atoms with E-state index in [4.69, 9.17) is 0 Å². The topological polar surface area (TPSA) is 6.48 Å². The monoisotopic (exact) mass is 196 g/mol. The van der Waals surface area contributed by atoms with Crippen LogP contribution in [0, 0.1) is 0 Å². The minimum absolute atomic E-state index is 0.612. The second-order valence-corrected chi connectivity index (χ2v) is 4.74. The molecule has 1 aliphatic rings. The lowest BCUT2D eigenvalue weighted by Crippen LogP contribution is -2.37. The van der Waals surface area contributed by atoms with Crippen molar-refractivity contribution in [1.29, 1.82) is 0 Å². The van der Waals surface area contributed by atoms with Gasteiger partial charge in [-0.05, 0) is 46.1 Å². The Morgan fingerprint density at radius 2 is 1.71 bits per heavy atom. The minimum atomic E-state index is 0.612. The fraction of sp³-hybridized carbons (Fsp3) is 0.833. The lowest BCUT2D eigenvalue weighted by molar-refractivity contribution is 0.220. The van der Waals surface area contributed by atoms with Crippen molar-refractivity contribution in [3.63, 3.8) is 0 Å². The van der Waals surface area contributed by atoms with E-state index in [1.54, 1.807) is 0 Å². The Morgan fingerprint density at radius 3 is 2.21 bits per heavy atom. The van der Waals surface area contributed by atoms with Crippen molar-refractivity contribution in [2.24, 2.45) is 0 Å². The van der Waals surface area contributed by atoms with Gasteiger partial charge in [-0.1, -0.05) is 0 Å². The molecule has 0 bridgehead atoms. The van der Waals surface area contributed by atoms with Gasteiger partial charge in [0.1, 0.15) is 5.82 Å². The molecular weight excluding hydrogens is 172 g/mol. The number of hydrogen-bond donors (Lipinski definition) is 0. The predicted octanol–water partition coefficient (Wildman–Crippen LogP) is 2.67. The van der Waals surface area contributed by atoms with Gasteiger partial charge in [-0.25, -0.2) is 0 Å². The highest BCUT2D eigenvalue weighted by Crippen LogP contribution is 2.21. The summed E-state index contributed by atoms with van der Waals surface area (Å²) in [4.78, 5) is 4.94. The first-order valence-electron chi connectivity index (χ1n) is 5.69. The molecule has 0 aromatic carbocycles. The lowest BCUT2D eigenvalue weighted by Gasteiger charge is -2.35. The predicted molar refractivity (Wildman–Crippen MR) is 62.1 cm³/mol. The van der Waals surface area contributed by atoms with Crippen LogP contribution in [0.5, 0.6) is 0 Å². The van der Waals surface area contributed by atoms with Crippen molar-refractivity contribution in [2.75, 3.05) is 20.1 Å². The molecule has 14 heavy (non-hydrogen) atoms. The van der Waals surface area contributed by atoms with Gasteiger partial charge in [0.15, 0.2) is 0 Å². The first-order valence-corrected chi connectivity index (χ1v) is 5.69. The van der Waals surface area contributed by atoms with Crippen molar-refractivity contribution in [3.05, 3.63) is 11.4 Å². The summed E-state index contributed by atoms with van der Waals surface area (Å²) < 4.78 is 0. The van der Waals surface area contributed by atoms with E-state index < -0.39 is 0 Å². The van der Waals surface area contributed by atoms with Crippen LogP contribution < -0.4 is 0 Å². The standard InChI is InChI=1S/C12H24N2/c1-10(2)12-13(5)8-6-7-9-14(12)11(3)4/h11H,6-9H2,1-5H3. The zero-order chi connectivity index (χ0) is 10.7. The van der Waals surface area contributed by atoms with E-state index in [1.807, 2.05) is 0 Å². The van der Waals surface area contributed by atoms with Crippen molar-refractivity contribution in [1.82, 2.24) is 9.80 Å². The van der Waals surface area contributed by atoms with Crippen LogP contribution in [0.25, 0.3) is 0 Å². The van der Waals surface area contributed by atoms with E-state index in [2.05, 4.69) is 44.5 Å². The van der Waals surface area contributed by atoms with E-state index in [0.717, 1.165) is 0 Å². The lowest BCUT2D eigenvalue weighted by atomic mass is 10.2. The summed E-state index contributed by atoms with van der Waals surface area (Å²) in [5, 5.41) is 0. The second-order valence-electron chi connectivity index (χ2n) is 4.74. The van der Waals surface area contributed by atoms with Gasteiger partial charge in [0.05, 0.1) is 0 Å². The van der Waals surface area contributed by atoms with Gasteiger partial charge in [0, 0.05) is 26.2 Å². The van der Waals surface area contributed by atoms with Gasteiger partial charge in [0.25, 0.3) is 0 Å². The molecule has 0 atom stereocenters. The fourth-order valence-electron chi connectivity index (χ4n) is 2.23. The van der Waals surface area contributed by atoms with Gasteiger partial charge in [-0.3, -0.25) is 0 Å². The summed E-state index contributed by atoms with van der Waals surface area (Å²) in [6, 6.07) is 0.612. The molecule has 2 heteroatoms. The Hall–Kier alpha value is -0.660. The van der Waals surface area contributed by atoms with E-state index in [9.17, 15) is 0 Å². The highest BCUT2D eigenvalue weighted by molar-refractivity contribution is 5.09. The van der Waals surface area contributed by atoms with Gasteiger partial charge < -0.3 is 9.80 Å². The van der Waals surface area contributed by atoms with Gasteiger partial charge in [-0.2, -0.15) is 0 Å². The van der Waals surface area contributed by atoms with E-state index in [0.29, 0.717) is 6.04 Å². The zero-order valence-corrected chi connectivity index (χ0v) is 10.3. The molecule has 1 rings (SSSR count). The van der Waals surface area contributed by atoms with Crippen molar-refractivity contribution >= 4 is 0 Å². The molecule has 0 aromatic rings. The first-order chi connectivity index (χ1) is 6.54. The fourth-order valence-corrected chi connectivity index (χ4v) is 2.23. The number of nitrogens with zero attached hydrogens (tertiary/aromatic N) is 2. The average Bonchev–Trinajstić information content (AvgIpc) is 2.26. The van der Waals surface area contributed by atoms with E-state index >= 15 is 0 Å². The minimum Gasteiger partial charge on any atom is -0.361 e. The Morgan fingerprint density at radius 1 is 1.14 bits per heavy atom. The third kappa shape index (κ3) is 2.43. The molecule has 0 N–H and O–H groups in total. The SMILES string of the molecule is CC(C)=C1N(C)CCCCN1C(C)C. The molecule has 1 heterocycles. The number of allylic oxidation sites excluding steroid dienone is 1. The van der Waals surface area contributed by atoms with Crippen LogP contribution in [0.3, 0.4) is 0 Å². The maximum Gasteiger partial charge on any atom is 0.102 e. The van der Waals surface area contributed by atoms with Crippen LogP contribution in [-0.2, 0) is 0 Å². The average molecular weight is 196 g/mol. The third-order valence-electron chi connectivity index (χ3n) is 2.85. The second kappa shape index (κ2) is 4.72. The molecule has 0 spiro atoms. The molecule has 2 nitrogen and oxygen atoms in total. The van der Waals surface area contributed by atoms with Crippen molar-refractivity contribution < 1.29 is 0 Å². The molecule has 1 saturated heterocycles. The third-order valence-corrected chi connectivity index (χ3v) is 2.85. The molecule has 0 amide bonds. The quantitative estimate of drug-likeness (QED) is 0.636. The van der Waals surface area contributed by atoms with Gasteiger partial charge in [-0.15, -0.1) is 0 Å². The van der Waals surface area contributed by atoms with Gasteiger partial charge in [0.2, 0.25) is 0 Å². The Balaban J connectivity index is 2.94. The summed E-state index contributed by atoms with van der Waals surface area (Å²) >= 11 is 0. The molecule has 0 aromatic heterocycles.